The zero-order chi connectivity index (χ0) is 16.8. The maximum Gasteiger partial charge on any atom is 0.317 e. The lowest BCUT2D eigenvalue weighted by Gasteiger charge is -2.16. The van der Waals surface area contributed by atoms with Crippen LogP contribution in [0.2, 0.25) is 0 Å². The van der Waals surface area contributed by atoms with Crippen LogP contribution in [0.5, 0.6) is 0 Å². The average Bonchev–Trinajstić information content (AvgIpc) is 3.28. The summed E-state index contributed by atoms with van der Waals surface area (Å²) in [7, 11) is 0. The molecule has 1 N–H and O–H groups in total. The van der Waals surface area contributed by atoms with Gasteiger partial charge in [0.05, 0.1) is 18.8 Å². The number of urea groups is 1. The summed E-state index contributed by atoms with van der Waals surface area (Å²) < 4.78 is 10.9. The van der Waals surface area contributed by atoms with Crippen molar-refractivity contribution in [2.75, 3.05) is 26.3 Å². The predicted molar refractivity (Wildman–Crippen MR) is 90.3 cm³/mol. The molecule has 0 saturated carbocycles. The van der Waals surface area contributed by atoms with Crippen molar-refractivity contribution >= 4 is 6.03 Å². The molecule has 3 rings (SSSR count). The van der Waals surface area contributed by atoms with Crippen LogP contribution in [0.25, 0.3) is 11.5 Å². The second kappa shape index (κ2) is 7.97. The van der Waals surface area contributed by atoms with Gasteiger partial charge in [-0.05, 0) is 25.5 Å². The molecule has 2 heterocycles. The number of amides is 2. The number of nitrogens with zero attached hydrogens (tertiary/aromatic N) is 2. The molecule has 6 heteroatoms. The molecule has 0 bridgehead atoms. The van der Waals surface area contributed by atoms with Crippen LogP contribution in [0.1, 0.15) is 19.0 Å². The summed E-state index contributed by atoms with van der Waals surface area (Å²) in [4.78, 5) is 18.5. The summed E-state index contributed by atoms with van der Waals surface area (Å²) in [5.74, 6) is 1.00. The van der Waals surface area contributed by atoms with Gasteiger partial charge < -0.3 is 19.4 Å². The van der Waals surface area contributed by atoms with E-state index in [2.05, 4.69) is 10.3 Å². The normalized spacial score (nSPS) is 17.2. The molecule has 0 radical (unpaired) electrons. The van der Waals surface area contributed by atoms with Crippen molar-refractivity contribution < 1.29 is 13.9 Å². The number of hydrogen-bond acceptors (Lipinski definition) is 4. The van der Waals surface area contributed by atoms with E-state index in [9.17, 15) is 4.79 Å². The van der Waals surface area contributed by atoms with E-state index in [0.29, 0.717) is 24.0 Å². The van der Waals surface area contributed by atoms with Gasteiger partial charge in [-0.3, -0.25) is 0 Å². The van der Waals surface area contributed by atoms with Crippen LogP contribution in [0.15, 0.2) is 41.0 Å². The van der Waals surface area contributed by atoms with E-state index in [0.717, 1.165) is 38.3 Å². The molecule has 128 valence electrons. The van der Waals surface area contributed by atoms with Gasteiger partial charge in [0, 0.05) is 31.2 Å². The number of likely N-dealkylation sites (tertiary alicyclic amines) is 1. The third-order valence-corrected chi connectivity index (χ3v) is 4.12. The molecule has 0 aliphatic carbocycles. The first-order chi connectivity index (χ1) is 11.8. The van der Waals surface area contributed by atoms with Crippen LogP contribution in [0, 0.1) is 5.92 Å². The van der Waals surface area contributed by atoms with E-state index >= 15 is 0 Å². The first kappa shape index (κ1) is 16.5. The Morgan fingerprint density at radius 2 is 2.25 bits per heavy atom. The number of ether oxygens (including phenoxy) is 1. The van der Waals surface area contributed by atoms with Gasteiger partial charge in [-0.1, -0.05) is 18.2 Å². The van der Waals surface area contributed by atoms with E-state index in [4.69, 9.17) is 9.15 Å². The van der Waals surface area contributed by atoms with E-state index in [1.807, 2.05) is 42.2 Å². The van der Waals surface area contributed by atoms with Crippen molar-refractivity contribution in [2.45, 2.75) is 19.9 Å². The minimum absolute atomic E-state index is 0.0572. The fourth-order valence-corrected chi connectivity index (χ4v) is 2.82. The number of hydrogen-bond donors (Lipinski definition) is 1. The topological polar surface area (TPSA) is 67.6 Å². The summed E-state index contributed by atoms with van der Waals surface area (Å²) in [6, 6.07) is 9.65. The Morgan fingerprint density at radius 1 is 1.42 bits per heavy atom. The smallest absolute Gasteiger partial charge is 0.317 e. The Kier molecular flexibility index (Phi) is 5.48. The third-order valence-electron chi connectivity index (χ3n) is 4.12. The fraction of sp³-hybridized carbons (Fsp3) is 0.444. The lowest BCUT2D eigenvalue weighted by molar-refractivity contribution is 0.113. The van der Waals surface area contributed by atoms with E-state index in [1.165, 1.54) is 0 Å². The SMILES string of the molecule is CCOC[C@@H]1CCN(C(=O)NCc2coc(-c3ccccc3)n2)C1. The molecular weight excluding hydrogens is 306 g/mol. The summed E-state index contributed by atoms with van der Waals surface area (Å²) in [6.07, 6.45) is 2.58. The van der Waals surface area contributed by atoms with Crippen molar-refractivity contribution in [1.82, 2.24) is 15.2 Å². The van der Waals surface area contributed by atoms with Crippen molar-refractivity contribution in [2.24, 2.45) is 5.92 Å². The molecule has 2 amide bonds. The second-order valence-electron chi connectivity index (χ2n) is 5.93. The Hall–Kier alpha value is -2.34. The highest BCUT2D eigenvalue weighted by Gasteiger charge is 2.26. The lowest BCUT2D eigenvalue weighted by Crippen LogP contribution is -2.38. The highest BCUT2D eigenvalue weighted by atomic mass is 16.5. The average molecular weight is 329 g/mol. The van der Waals surface area contributed by atoms with Crippen LogP contribution in [-0.4, -0.2) is 42.2 Å². The Balaban J connectivity index is 1.48. The summed E-state index contributed by atoms with van der Waals surface area (Å²) in [5.41, 5.74) is 1.64. The summed E-state index contributed by atoms with van der Waals surface area (Å²) in [6.45, 7) is 5.32. The molecule has 1 aromatic heterocycles. The van der Waals surface area contributed by atoms with Gasteiger partial charge >= 0.3 is 6.03 Å². The van der Waals surface area contributed by atoms with Crippen LogP contribution < -0.4 is 5.32 Å². The Morgan fingerprint density at radius 3 is 3.04 bits per heavy atom. The zero-order valence-electron chi connectivity index (χ0n) is 13.9. The molecule has 1 aromatic carbocycles. The van der Waals surface area contributed by atoms with Crippen LogP contribution in [-0.2, 0) is 11.3 Å². The highest BCUT2D eigenvalue weighted by molar-refractivity contribution is 5.74. The first-order valence-corrected chi connectivity index (χ1v) is 8.36. The number of carbonyl (C=O) groups excluding carboxylic acids is 1. The van der Waals surface area contributed by atoms with Crippen LogP contribution in [0.3, 0.4) is 0 Å². The van der Waals surface area contributed by atoms with Gasteiger partial charge in [-0.2, -0.15) is 0 Å². The van der Waals surface area contributed by atoms with Gasteiger partial charge in [0.15, 0.2) is 0 Å². The van der Waals surface area contributed by atoms with Crippen molar-refractivity contribution in [3.05, 3.63) is 42.3 Å². The molecule has 2 aromatic rings. The minimum atomic E-state index is -0.0572. The van der Waals surface area contributed by atoms with Crippen molar-refractivity contribution in [3.63, 3.8) is 0 Å². The van der Waals surface area contributed by atoms with Crippen molar-refractivity contribution in [1.29, 1.82) is 0 Å². The zero-order valence-corrected chi connectivity index (χ0v) is 13.9. The van der Waals surface area contributed by atoms with E-state index in [1.54, 1.807) is 6.26 Å². The summed E-state index contributed by atoms with van der Waals surface area (Å²) >= 11 is 0. The molecule has 1 fully saturated rings. The van der Waals surface area contributed by atoms with E-state index < -0.39 is 0 Å². The van der Waals surface area contributed by atoms with Gasteiger partial charge in [0.25, 0.3) is 0 Å². The molecule has 0 unspecified atom stereocenters. The lowest BCUT2D eigenvalue weighted by atomic mass is 10.1. The predicted octanol–water partition coefficient (Wildman–Crippen LogP) is 2.91. The quantitative estimate of drug-likeness (QED) is 0.885. The number of aromatic nitrogens is 1. The van der Waals surface area contributed by atoms with Crippen LogP contribution >= 0.6 is 0 Å². The molecular formula is C18H23N3O3. The van der Waals surface area contributed by atoms with Crippen LogP contribution in [0.4, 0.5) is 4.79 Å². The van der Waals surface area contributed by atoms with E-state index in [-0.39, 0.29) is 6.03 Å². The van der Waals surface area contributed by atoms with Crippen molar-refractivity contribution in [3.8, 4) is 11.5 Å². The van der Waals surface area contributed by atoms with Gasteiger partial charge in [0.1, 0.15) is 6.26 Å². The number of benzene rings is 1. The molecule has 1 aliphatic rings. The molecule has 0 spiro atoms. The largest absolute Gasteiger partial charge is 0.444 e. The Labute approximate surface area is 141 Å². The Bertz CT molecular complexity index is 657. The molecule has 1 atom stereocenters. The number of nitrogens with one attached hydrogen (secondary N) is 1. The van der Waals surface area contributed by atoms with Gasteiger partial charge in [-0.25, -0.2) is 9.78 Å². The number of oxazole rings is 1. The standard InChI is InChI=1S/C18H23N3O3/c1-2-23-12-14-8-9-21(11-14)18(22)19-10-16-13-24-17(20-16)15-6-4-3-5-7-15/h3-7,13-14H,2,8-12H2,1H3,(H,19,22)/t14-/m1/s1. The number of carbonyl (C=O) groups is 1. The maximum absolute atomic E-state index is 12.2. The fourth-order valence-electron chi connectivity index (χ4n) is 2.82. The third kappa shape index (κ3) is 4.14. The molecule has 6 nitrogen and oxygen atoms in total. The van der Waals surface area contributed by atoms with Gasteiger partial charge in [0.2, 0.25) is 5.89 Å². The molecule has 1 aliphatic heterocycles. The molecule has 1 saturated heterocycles. The second-order valence-corrected chi connectivity index (χ2v) is 5.93. The monoisotopic (exact) mass is 329 g/mol. The molecule has 24 heavy (non-hydrogen) atoms. The summed E-state index contributed by atoms with van der Waals surface area (Å²) in [5, 5.41) is 2.91. The highest BCUT2D eigenvalue weighted by Crippen LogP contribution is 2.19. The first-order valence-electron chi connectivity index (χ1n) is 8.36. The van der Waals surface area contributed by atoms with Gasteiger partial charge in [-0.15, -0.1) is 0 Å². The number of rotatable bonds is 6. The minimum Gasteiger partial charge on any atom is -0.444 e. The maximum atomic E-state index is 12.2.